The average Bonchev–Trinajstić information content (AvgIpc) is 2.81. The number of tetrazole rings is 1. The van der Waals surface area contributed by atoms with Crippen LogP contribution in [0, 0.1) is 12.8 Å². The van der Waals surface area contributed by atoms with Crippen molar-refractivity contribution in [1.82, 2.24) is 25.5 Å². The van der Waals surface area contributed by atoms with Gasteiger partial charge in [-0.3, -0.25) is 0 Å². The van der Waals surface area contributed by atoms with Crippen molar-refractivity contribution in [1.29, 1.82) is 0 Å². The van der Waals surface area contributed by atoms with Crippen molar-refractivity contribution in [3.8, 4) is 0 Å². The van der Waals surface area contributed by atoms with Crippen molar-refractivity contribution in [3.63, 3.8) is 0 Å². The smallest absolute Gasteiger partial charge is 0.175 e. The molecular weight excluding hydrogens is 262 g/mol. The molecule has 0 aliphatic heterocycles. The van der Waals surface area contributed by atoms with Crippen LogP contribution in [0.3, 0.4) is 0 Å². The number of hydrogen-bond donors (Lipinski definition) is 1. The van der Waals surface area contributed by atoms with Crippen molar-refractivity contribution in [2.24, 2.45) is 13.0 Å². The molecule has 5 heteroatoms. The van der Waals surface area contributed by atoms with E-state index >= 15 is 0 Å². The molecule has 2 aromatic rings. The first-order valence-electron chi connectivity index (χ1n) is 7.54. The molecule has 2 rings (SSSR count). The van der Waals surface area contributed by atoms with Crippen LogP contribution in [0.15, 0.2) is 24.3 Å². The summed E-state index contributed by atoms with van der Waals surface area (Å²) in [7, 11) is 1.80. The molecule has 1 heterocycles. The third-order valence-electron chi connectivity index (χ3n) is 3.44. The number of aryl methyl sites for hydroxylation is 2. The summed E-state index contributed by atoms with van der Waals surface area (Å²) in [5.41, 5.74) is 2.68. The summed E-state index contributed by atoms with van der Waals surface area (Å²) in [4.78, 5) is 1.52. The van der Waals surface area contributed by atoms with Gasteiger partial charge in [0.25, 0.3) is 0 Å². The highest BCUT2D eigenvalue weighted by Crippen LogP contribution is 2.14. The number of benzene rings is 1. The standard InChI is InChI=1S/C16H25N5/c1-12(2)17-11-15(10-16-18-20-21(4)19-16)9-14-7-5-6-13(3)8-14/h5-8,12,15,17H,9-11H2,1-4H3. The highest BCUT2D eigenvalue weighted by Gasteiger charge is 2.14. The van der Waals surface area contributed by atoms with Crippen molar-refractivity contribution in [3.05, 3.63) is 41.2 Å². The van der Waals surface area contributed by atoms with Crippen LogP contribution in [0.2, 0.25) is 0 Å². The van der Waals surface area contributed by atoms with Crippen LogP contribution in [0.4, 0.5) is 0 Å². The number of rotatable bonds is 7. The number of aromatic nitrogens is 4. The molecule has 0 saturated heterocycles. The van der Waals surface area contributed by atoms with E-state index in [1.807, 2.05) is 0 Å². The Morgan fingerprint density at radius 3 is 2.67 bits per heavy atom. The molecule has 0 aliphatic carbocycles. The van der Waals surface area contributed by atoms with E-state index in [2.05, 4.69) is 65.8 Å². The van der Waals surface area contributed by atoms with Gasteiger partial charge in [-0.25, -0.2) is 0 Å². The second kappa shape index (κ2) is 7.31. The van der Waals surface area contributed by atoms with Gasteiger partial charge in [-0.15, -0.1) is 10.2 Å². The summed E-state index contributed by atoms with van der Waals surface area (Å²) in [6, 6.07) is 9.19. The minimum absolute atomic E-state index is 0.471. The molecule has 0 bridgehead atoms. The number of nitrogens with one attached hydrogen (secondary N) is 1. The summed E-state index contributed by atoms with van der Waals surface area (Å²) in [6.45, 7) is 7.44. The first-order chi connectivity index (χ1) is 10.0. The lowest BCUT2D eigenvalue weighted by atomic mass is 9.94. The first kappa shape index (κ1) is 15.6. The maximum Gasteiger partial charge on any atom is 0.175 e. The van der Waals surface area contributed by atoms with Gasteiger partial charge in [0.1, 0.15) is 0 Å². The van der Waals surface area contributed by atoms with E-state index < -0.39 is 0 Å². The van der Waals surface area contributed by atoms with E-state index in [9.17, 15) is 0 Å². The van der Waals surface area contributed by atoms with Crippen LogP contribution < -0.4 is 5.32 Å². The highest BCUT2D eigenvalue weighted by atomic mass is 15.6. The largest absolute Gasteiger partial charge is 0.314 e. The van der Waals surface area contributed by atoms with Gasteiger partial charge in [0.2, 0.25) is 0 Å². The number of hydrogen-bond acceptors (Lipinski definition) is 4. The minimum Gasteiger partial charge on any atom is -0.314 e. The van der Waals surface area contributed by atoms with Crippen LogP contribution in [-0.4, -0.2) is 32.8 Å². The highest BCUT2D eigenvalue weighted by molar-refractivity contribution is 5.22. The van der Waals surface area contributed by atoms with Crippen molar-refractivity contribution in [2.45, 2.75) is 39.7 Å². The van der Waals surface area contributed by atoms with Gasteiger partial charge in [-0.1, -0.05) is 43.7 Å². The average molecular weight is 287 g/mol. The lowest BCUT2D eigenvalue weighted by Gasteiger charge is -2.18. The van der Waals surface area contributed by atoms with Gasteiger partial charge >= 0.3 is 0 Å². The van der Waals surface area contributed by atoms with Crippen LogP contribution in [0.25, 0.3) is 0 Å². The van der Waals surface area contributed by atoms with Crippen molar-refractivity contribution < 1.29 is 0 Å². The van der Waals surface area contributed by atoms with Gasteiger partial charge in [0.15, 0.2) is 5.82 Å². The lowest BCUT2D eigenvalue weighted by Crippen LogP contribution is -2.31. The molecule has 114 valence electrons. The Morgan fingerprint density at radius 2 is 2.05 bits per heavy atom. The topological polar surface area (TPSA) is 55.6 Å². The summed E-state index contributed by atoms with van der Waals surface area (Å²) < 4.78 is 0. The predicted molar refractivity (Wildman–Crippen MR) is 84.0 cm³/mol. The van der Waals surface area contributed by atoms with Gasteiger partial charge in [-0.05, 0) is 36.6 Å². The Balaban J connectivity index is 2.04. The molecule has 0 amide bonds. The Labute approximate surface area is 126 Å². The molecular formula is C16H25N5. The quantitative estimate of drug-likeness (QED) is 0.845. The molecule has 0 fully saturated rings. The third-order valence-corrected chi connectivity index (χ3v) is 3.44. The van der Waals surface area contributed by atoms with Crippen molar-refractivity contribution in [2.75, 3.05) is 6.54 Å². The molecule has 5 nitrogen and oxygen atoms in total. The summed E-state index contributed by atoms with van der Waals surface area (Å²) in [6.07, 6.45) is 1.88. The minimum atomic E-state index is 0.471. The van der Waals surface area contributed by atoms with Gasteiger partial charge < -0.3 is 5.32 Å². The fourth-order valence-electron chi connectivity index (χ4n) is 2.45. The van der Waals surface area contributed by atoms with Crippen LogP contribution >= 0.6 is 0 Å². The van der Waals surface area contributed by atoms with E-state index in [-0.39, 0.29) is 0 Å². The zero-order valence-electron chi connectivity index (χ0n) is 13.4. The fourth-order valence-corrected chi connectivity index (χ4v) is 2.45. The number of nitrogens with zero attached hydrogens (tertiary/aromatic N) is 4. The molecule has 0 saturated carbocycles. The Bertz CT molecular complexity index is 561. The molecule has 0 aliphatic rings. The molecule has 0 radical (unpaired) electrons. The Morgan fingerprint density at radius 1 is 1.24 bits per heavy atom. The van der Waals surface area contributed by atoms with Crippen LogP contribution in [0.1, 0.15) is 30.8 Å². The van der Waals surface area contributed by atoms with E-state index in [1.165, 1.54) is 15.9 Å². The SMILES string of the molecule is Cc1cccc(CC(CNC(C)C)Cc2nnn(C)n2)c1. The van der Waals surface area contributed by atoms with Crippen molar-refractivity contribution >= 4 is 0 Å². The van der Waals surface area contributed by atoms with E-state index in [0.717, 1.165) is 25.2 Å². The maximum atomic E-state index is 4.30. The third kappa shape index (κ3) is 5.27. The van der Waals surface area contributed by atoms with Gasteiger partial charge in [-0.2, -0.15) is 4.80 Å². The molecule has 1 aromatic carbocycles. The Hall–Kier alpha value is -1.75. The molecule has 21 heavy (non-hydrogen) atoms. The summed E-state index contributed by atoms with van der Waals surface area (Å²) in [5, 5.41) is 15.9. The summed E-state index contributed by atoms with van der Waals surface area (Å²) in [5.74, 6) is 1.29. The van der Waals surface area contributed by atoms with Gasteiger partial charge in [0, 0.05) is 12.5 Å². The lowest BCUT2D eigenvalue weighted by molar-refractivity contribution is 0.436. The van der Waals surface area contributed by atoms with Crippen LogP contribution in [0.5, 0.6) is 0 Å². The Kier molecular flexibility index (Phi) is 5.44. The molecule has 1 aromatic heterocycles. The molecule has 1 unspecified atom stereocenters. The zero-order valence-corrected chi connectivity index (χ0v) is 13.4. The predicted octanol–water partition coefficient (Wildman–Crippen LogP) is 1.92. The normalized spacial score (nSPS) is 12.8. The van der Waals surface area contributed by atoms with E-state index in [1.54, 1.807) is 7.05 Å². The summed E-state index contributed by atoms with van der Waals surface area (Å²) >= 11 is 0. The molecule has 0 spiro atoms. The molecule has 1 N–H and O–H groups in total. The van der Waals surface area contributed by atoms with Crippen LogP contribution in [-0.2, 0) is 19.9 Å². The first-order valence-corrected chi connectivity index (χ1v) is 7.54. The zero-order chi connectivity index (χ0) is 15.2. The second-order valence-electron chi connectivity index (χ2n) is 6.02. The molecule has 1 atom stereocenters. The maximum absolute atomic E-state index is 4.30. The van der Waals surface area contributed by atoms with Gasteiger partial charge in [0.05, 0.1) is 7.05 Å². The fraction of sp³-hybridized carbons (Fsp3) is 0.562. The monoisotopic (exact) mass is 287 g/mol. The van der Waals surface area contributed by atoms with E-state index in [0.29, 0.717) is 12.0 Å². The second-order valence-corrected chi connectivity index (χ2v) is 6.02. The van der Waals surface area contributed by atoms with E-state index in [4.69, 9.17) is 0 Å².